The van der Waals surface area contributed by atoms with Gasteiger partial charge in [-0.25, -0.2) is 0 Å². The maximum Gasteiger partial charge on any atom is 0.217 e. The summed E-state index contributed by atoms with van der Waals surface area (Å²) in [6.45, 7) is 1.56. The predicted molar refractivity (Wildman–Crippen MR) is 44.0 cm³/mol. The first-order chi connectivity index (χ1) is 5.18. The van der Waals surface area contributed by atoms with Gasteiger partial charge in [-0.2, -0.15) is 0 Å². The summed E-state index contributed by atoms with van der Waals surface area (Å²) in [5.74, 6) is 0.0745. The highest BCUT2D eigenvalue weighted by Gasteiger charge is 2.18. The normalized spacial score (nSPS) is 31.5. The lowest BCUT2D eigenvalue weighted by atomic mass is 9.92. The van der Waals surface area contributed by atoms with Crippen LogP contribution in [0.15, 0.2) is 0 Å². The molecular weight excluding hydrogens is 140 g/mol. The molecule has 0 atom stereocenters. The van der Waals surface area contributed by atoms with Gasteiger partial charge in [-0.3, -0.25) is 4.79 Å². The zero-order chi connectivity index (χ0) is 8.27. The van der Waals surface area contributed by atoms with Crippen LogP contribution in [0.2, 0.25) is 0 Å². The standard InChI is InChI=1S/C8H16N2O/c1-6(11)10-8-4-2-7(9)3-5-8/h7-8H,2-5,9H2,1H3,(H,10,11)/t7-,8-. The summed E-state index contributed by atoms with van der Waals surface area (Å²) in [6.07, 6.45) is 4.18. The Morgan fingerprint density at radius 2 is 1.91 bits per heavy atom. The molecule has 1 rings (SSSR count). The summed E-state index contributed by atoms with van der Waals surface area (Å²) in [5.41, 5.74) is 5.72. The van der Waals surface area contributed by atoms with Gasteiger partial charge in [0.1, 0.15) is 0 Å². The molecule has 0 spiro atoms. The number of amides is 1. The van der Waals surface area contributed by atoms with Gasteiger partial charge >= 0.3 is 0 Å². The van der Waals surface area contributed by atoms with E-state index in [2.05, 4.69) is 5.32 Å². The summed E-state index contributed by atoms with van der Waals surface area (Å²) >= 11 is 0. The molecule has 3 nitrogen and oxygen atoms in total. The molecule has 0 bridgehead atoms. The van der Waals surface area contributed by atoms with Gasteiger partial charge in [-0.05, 0) is 25.7 Å². The smallest absolute Gasteiger partial charge is 0.217 e. The van der Waals surface area contributed by atoms with Crippen LogP contribution in [0.4, 0.5) is 0 Å². The average molecular weight is 156 g/mol. The van der Waals surface area contributed by atoms with Crippen molar-refractivity contribution >= 4 is 5.91 Å². The number of carbonyl (C=O) groups excluding carboxylic acids is 1. The molecule has 1 aliphatic rings. The molecule has 0 unspecified atom stereocenters. The van der Waals surface area contributed by atoms with Crippen LogP contribution in [0.5, 0.6) is 0 Å². The number of carbonyl (C=O) groups is 1. The number of hydrogen-bond acceptors (Lipinski definition) is 2. The lowest BCUT2D eigenvalue weighted by molar-refractivity contribution is -0.119. The van der Waals surface area contributed by atoms with Crippen molar-refractivity contribution < 1.29 is 4.79 Å². The topological polar surface area (TPSA) is 55.1 Å². The van der Waals surface area contributed by atoms with E-state index in [1.165, 1.54) is 0 Å². The second-order valence-electron chi connectivity index (χ2n) is 3.31. The van der Waals surface area contributed by atoms with Crippen molar-refractivity contribution in [2.45, 2.75) is 44.7 Å². The first-order valence-corrected chi connectivity index (χ1v) is 4.21. The van der Waals surface area contributed by atoms with Crippen LogP contribution >= 0.6 is 0 Å². The average Bonchev–Trinajstić information content (AvgIpc) is 1.93. The van der Waals surface area contributed by atoms with Gasteiger partial charge in [0, 0.05) is 19.0 Å². The fraction of sp³-hybridized carbons (Fsp3) is 0.875. The van der Waals surface area contributed by atoms with E-state index in [1.807, 2.05) is 0 Å². The highest BCUT2D eigenvalue weighted by atomic mass is 16.1. The van der Waals surface area contributed by atoms with Gasteiger partial charge in [0.15, 0.2) is 0 Å². The largest absolute Gasteiger partial charge is 0.354 e. The van der Waals surface area contributed by atoms with Crippen molar-refractivity contribution in [3.63, 3.8) is 0 Å². The SMILES string of the molecule is CC(=O)N[C@H]1CC[C@H](N)CC1. The van der Waals surface area contributed by atoms with Crippen molar-refractivity contribution in [2.24, 2.45) is 5.73 Å². The van der Waals surface area contributed by atoms with Gasteiger partial charge < -0.3 is 11.1 Å². The minimum atomic E-state index is 0.0745. The molecule has 64 valence electrons. The van der Waals surface area contributed by atoms with Gasteiger partial charge in [0.05, 0.1) is 0 Å². The van der Waals surface area contributed by atoms with Crippen molar-refractivity contribution in [3.05, 3.63) is 0 Å². The molecular formula is C8H16N2O. The van der Waals surface area contributed by atoms with E-state index in [9.17, 15) is 4.79 Å². The van der Waals surface area contributed by atoms with Crippen LogP contribution in [0.1, 0.15) is 32.6 Å². The lowest BCUT2D eigenvalue weighted by Gasteiger charge is -2.26. The van der Waals surface area contributed by atoms with Gasteiger partial charge in [0.2, 0.25) is 5.91 Å². The second-order valence-corrected chi connectivity index (χ2v) is 3.31. The molecule has 0 aromatic heterocycles. The van der Waals surface area contributed by atoms with Crippen LogP contribution in [0.3, 0.4) is 0 Å². The molecule has 0 radical (unpaired) electrons. The van der Waals surface area contributed by atoms with Crippen molar-refractivity contribution in [1.29, 1.82) is 0 Å². The molecule has 3 N–H and O–H groups in total. The first-order valence-electron chi connectivity index (χ1n) is 4.21. The molecule has 1 fully saturated rings. The second kappa shape index (κ2) is 3.72. The minimum absolute atomic E-state index is 0.0745. The van der Waals surface area contributed by atoms with E-state index in [1.54, 1.807) is 6.92 Å². The predicted octanol–water partition coefficient (Wildman–Crippen LogP) is 0.392. The molecule has 11 heavy (non-hydrogen) atoms. The number of rotatable bonds is 1. The van der Waals surface area contributed by atoms with Crippen molar-refractivity contribution in [2.75, 3.05) is 0 Å². The Balaban J connectivity index is 2.22. The van der Waals surface area contributed by atoms with Gasteiger partial charge in [-0.1, -0.05) is 0 Å². The van der Waals surface area contributed by atoms with E-state index >= 15 is 0 Å². The fourth-order valence-corrected chi connectivity index (χ4v) is 1.55. The van der Waals surface area contributed by atoms with E-state index in [0.717, 1.165) is 25.7 Å². The Bertz CT molecular complexity index is 139. The van der Waals surface area contributed by atoms with Crippen LogP contribution in [0.25, 0.3) is 0 Å². The summed E-state index contributed by atoms with van der Waals surface area (Å²) in [7, 11) is 0. The van der Waals surface area contributed by atoms with Crippen LogP contribution in [-0.4, -0.2) is 18.0 Å². The highest BCUT2D eigenvalue weighted by molar-refractivity contribution is 5.73. The number of nitrogens with two attached hydrogens (primary N) is 1. The molecule has 0 saturated heterocycles. The zero-order valence-electron chi connectivity index (χ0n) is 6.97. The molecule has 0 aromatic rings. The monoisotopic (exact) mass is 156 g/mol. The third-order valence-electron chi connectivity index (χ3n) is 2.18. The van der Waals surface area contributed by atoms with Gasteiger partial charge in [0.25, 0.3) is 0 Å². The Labute approximate surface area is 67.3 Å². The molecule has 3 heteroatoms. The Kier molecular flexibility index (Phi) is 2.88. The Morgan fingerprint density at radius 3 is 2.36 bits per heavy atom. The Morgan fingerprint density at radius 1 is 1.36 bits per heavy atom. The van der Waals surface area contributed by atoms with Gasteiger partial charge in [-0.15, -0.1) is 0 Å². The molecule has 0 aromatic carbocycles. The van der Waals surface area contributed by atoms with E-state index in [4.69, 9.17) is 5.73 Å². The van der Waals surface area contributed by atoms with Crippen LogP contribution in [0, 0.1) is 0 Å². The summed E-state index contributed by atoms with van der Waals surface area (Å²) in [5, 5.41) is 2.91. The Hall–Kier alpha value is -0.570. The number of hydrogen-bond donors (Lipinski definition) is 2. The molecule has 1 aliphatic carbocycles. The van der Waals surface area contributed by atoms with Crippen LogP contribution in [-0.2, 0) is 4.79 Å². The highest BCUT2D eigenvalue weighted by Crippen LogP contribution is 2.16. The maximum absolute atomic E-state index is 10.7. The van der Waals surface area contributed by atoms with Crippen LogP contribution < -0.4 is 11.1 Å². The molecule has 1 amide bonds. The molecule has 1 saturated carbocycles. The maximum atomic E-state index is 10.7. The van der Waals surface area contributed by atoms with E-state index in [0.29, 0.717) is 12.1 Å². The van der Waals surface area contributed by atoms with Crippen molar-refractivity contribution in [1.82, 2.24) is 5.32 Å². The molecule has 0 heterocycles. The fourth-order valence-electron chi connectivity index (χ4n) is 1.55. The summed E-state index contributed by atoms with van der Waals surface area (Å²) in [4.78, 5) is 10.7. The third kappa shape index (κ3) is 2.89. The van der Waals surface area contributed by atoms with E-state index in [-0.39, 0.29) is 5.91 Å². The minimum Gasteiger partial charge on any atom is -0.354 e. The van der Waals surface area contributed by atoms with Crippen molar-refractivity contribution in [3.8, 4) is 0 Å². The quantitative estimate of drug-likeness (QED) is 0.577. The molecule has 0 aliphatic heterocycles. The first kappa shape index (κ1) is 8.53. The lowest BCUT2D eigenvalue weighted by Crippen LogP contribution is -2.39. The number of nitrogens with one attached hydrogen (secondary N) is 1. The van der Waals surface area contributed by atoms with E-state index < -0.39 is 0 Å². The summed E-state index contributed by atoms with van der Waals surface area (Å²) in [6, 6.07) is 0.743. The summed E-state index contributed by atoms with van der Waals surface area (Å²) < 4.78 is 0. The third-order valence-corrected chi connectivity index (χ3v) is 2.18. The zero-order valence-corrected chi connectivity index (χ0v) is 6.97.